The average Bonchev–Trinajstić information content (AvgIpc) is 2.75. The molecule has 2 nitrogen and oxygen atoms in total. The highest BCUT2D eigenvalue weighted by Gasteiger charge is 2.18. The second kappa shape index (κ2) is 8.45. The van der Waals surface area contributed by atoms with Gasteiger partial charge in [0, 0.05) is 10.9 Å². The van der Waals surface area contributed by atoms with Crippen LogP contribution in [0.1, 0.15) is 36.6 Å². The fraction of sp³-hybridized carbons (Fsp3) is 0.192. The third-order valence-electron chi connectivity index (χ3n) is 5.20. The largest absolute Gasteiger partial charge is 0.489 e. The van der Waals surface area contributed by atoms with E-state index < -0.39 is 0 Å². The van der Waals surface area contributed by atoms with E-state index in [1.165, 1.54) is 6.07 Å². The molecule has 0 radical (unpaired) electrons. The Morgan fingerprint density at radius 2 is 1.73 bits per heavy atom. The first kappa shape index (κ1) is 20.4. The van der Waals surface area contributed by atoms with Crippen molar-refractivity contribution in [1.29, 1.82) is 0 Å². The van der Waals surface area contributed by atoms with Crippen LogP contribution in [0.15, 0.2) is 66.7 Å². The van der Waals surface area contributed by atoms with E-state index >= 15 is 0 Å². The Labute approximate surface area is 181 Å². The minimum atomic E-state index is -0.215. The molecule has 30 heavy (non-hydrogen) atoms. The normalized spacial score (nSPS) is 11.3. The first-order valence-electron chi connectivity index (χ1n) is 10.0. The van der Waals surface area contributed by atoms with Crippen molar-refractivity contribution in [3.8, 4) is 16.9 Å². The Hall–Kier alpha value is -2.91. The van der Waals surface area contributed by atoms with Crippen LogP contribution in [0.3, 0.4) is 0 Å². The number of benzene rings is 3. The minimum absolute atomic E-state index is 0.168. The number of fused-ring (bicyclic) bond motifs is 1. The number of ether oxygens (including phenoxy) is 1. The van der Waals surface area contributed by atoms with E-state index in [1.54, 1.807) is 13.0 Å². The molecule has 4 aromatic rings. The van der Waals surface area contributed by atoms with Gasteiger partial charge in [0.05, 0.1) is 5.69 Å². The number of halogens is 2. The second-order valence-corrected chi connectivity index (χ2v) is 8.12. The van der Waals surface area contributed by atoms with Gasteiger partial charge in [-0.05, 0) is 65.3 Å². The first-order valence-corrected chi connectivity index (χ1v) is 10.4. The molecule has 0 fully saturated rings. The summed E-state index contributed by atoms with van der Waals surface area (Å²) in [5.41, 5.74) is 4.52. The van der Waals surface area contributed by atoms with E-state index in [9.17, 15) is 4.39 Å². The summed E-state index contributed by atoms with van der Waals surface area (Å²) in [4.78, 5) is 4.70. The molecule has 0 saturated heterocycles. The summed E-state index contributed by atoms with van der Waals surface area (Å²) in [5.74, 6) is 0.683. The van der Waals surface area contributed by atoms with Gasteiger partial charge in [0.1, 0.15) is 23.3 Å². The maximum Gasteiger partial charge on any atom is 0.137 e. The van der Waals surface area contributed by atoms with Gasteiger partial charge in [-0.1, -0.05) is 61.8 Å². The third kappa shape index (κ3) is 4.03. The summed E-state index contributed by atoms with van der Waals surface area (Å²) in [6.07, 6.45) is 0. The molecule has 0 aliphatic rings. The molecule has 0 unspecified atom stereocenters. The zero-order valence-electron chi connectivity index (χ0n) is 17.2. The molecule has 0 aliphatic heterocycles. The Balaban J connectivity index is 1.82. The summed E-state index contributed by atoms with van der Waals surface area (Å²) >= 11 is 6.58. The molecule has 1 aromatic heterocycles. The van der Waals surface area contributed by atoms with Gasteiger partial charge in [-0.15, -0.1) is 0 Å². The van der Waals surface area contributed by atoms with Gasteiger partial charge < -0.3 is 4.74 Å². The summed E-state index contributed by atoms with van der Waals surface area (Å²) < 4.78 is 19.9. The second-order valence-electron chi connectivity index (χ2n) is 7.76. The predicted octanol–water partition coefficient (Wildman–Crippen LogP) is 7.71. The molecule has 0 aliphatic carbocycles. The van der Waals surface area contributed by atoms with Gasteiger partial charge in [-0.2, -0.15) is 0 Å². The van der Waals surface area contributed by atoms with Crippen molar-refractivity contribution in [1.82, 2.24) is 4.98 Å². The molecular weight excluding hydrogens is 397 g/mol. The highest BCUT2D eigenvalue weighted by Crippen LogP contribution is 2.39. The predicted molar refractivity (Wildman–Crippen MR) is 122 cm³/mol. The van der Waals surface area contributed by atoms with Crippen molar-refractivity contribution >= 4 is 22.4 Å². The number of hydrogen-bond donors (Lipinski definition) is 0. The maximum absolute atomic E-state index is 13.9. The smallest absolute Gasteiger partial charge is 0.137 e. The van der Waals surface area contributed by atoms with Crippen LogP contribution in [0, 0.1) is 12.7 Å². The lowest BCUT2D eigenvalue weighted by atomic mass is 9.92. The SMILES string of the molecule is Cc1cc(-c2c(C(C)C)nc(Cl)c3cc(OCc4ccccc4)ccc23)ccc1F. The van der Waals surface area contributed by atoms with Crippen molar-refractivity contribution in [3.05, 3.63) is 94.5 Å². The van der Waals surface area contributed by atoms with Crippen molar-refractivity contribution < 1.29 is 9.13 Å². The van der Waals surface area contributed by atoms with Crippen molar-refractivity contribution in [2.24, 2.45) is 0 Å². The molecule has 0 amide bonds. The molecule has 3 aromatic carbocycles. The van der Waals surface area contributed by atoms with Crippen LogP contribution in [0.4, 0.5) is 4.39 Å². The van der Waals surface area contributed by atoms with E-state index in [1.807, 2.05) is 54.6 Å². The molecule has 0 atom stereocenters. The minimum Gasteiger partial charge on any atom is -0.489 e. The molecule has 0 bridgehead atoms. The van der Waals surface area contributed by atoms with Crippen molar-refractivity contribution in [2.45, 2.75) is 33.3 Å². The summed E-state index contributed by atoms with van der Waals surface area (Å²) in [6, 6.07) is 21.1. The van der Waals surface area contributed by atoms with E-state index in [0.717, 1.165) is 38.9 Å². The van der Waals surface area contributed by atoms with Gasteiger partial charge in [-0.3, -0.25) is 0 Å². The Morgan fingerprint density at radius 3 is 2.43 bits per heavy atom. The van der Waals surface area contributed by atoms with Crippen LogP contribution in [0.25, 0.3) is 21.9 Å². The fourth-order valence-corrected chi connectivity index (χ4v) is 3.87. The van der Waals surface area contributed by atoms with Crippen LogP contribution < -0.4 is 4.74 Å². The summed E-state index contributed by atoms with van der Waals surface area (Å²) in [6.45, 7) is 6.42. The van der Waals surface area contributed by atoms with Crippen LogP contribution in [0.2, 0.25) is 5.15 Å². The van der Waals surface area contributed by atoms with Gasteiger partial charge >= 0.3 is 0 Å². The Morgan fingerprint density at radius 1 is 0.967 bits per heavy atom. The van der Waals surface area contributed by atoms with Crippen LogP contribution in [-0.4, -0.2) is 4.98 Å². The van der Waals surface area contributed by atoms with E-state index in [4.69, 9.17) is 21.3 Å². The number of rotatable bonds is 5. The number of hydrogen-bond acceptors (Lipinski definition) is 2. The van der Waals surface area contributed by atoms with Gasteiger partial charge in [0.25, 0.3) is 0 Å². The highest BCUT2D eigenvalue weighted by molar-refractivity contribution is 6.35. The van der Waals surface area contributed by atoms with Gasteiger partial charge in [0.2, 0.25) is 0 Å². The van der Waals surface area contributed by atoms with Crippen LogP contribution in [-0.2, 0) is 6.61 Å². The van der Waals surface area contributed by atoms with Crippen LogP contribution in [0.5, 0.6) is 5.75 Å². The summed E-state index contributed by atoms with van der Waals surface area (Å²) in [7, 11) is 0. The average molecular weight is 420 g/mol. The lowest BCUT2D eigenvalue weighted by molar-refractivity contribution is 0.306. The van der Waals surface area contributed by atoms with Crippen molar-refractivity contribution in [3.63, 3.8) is 0 Å². The quantitative estimate of drug-likeness (QED) is 0.309. The highest BCUT2D eigenvalue weighted by atomic mass is 35.5. The molecule has 0 saturated carbocycles. The molecule has 4 heteroatoms. The third-order valence-corrected chi connectivity index (χ3v) is 5.49. The van der Waals surface area contributed by atoms with Crippen LogP contribution >= 0.6 is 11.6 Å². The molecule has 152 valence electrons. The van der Waals surface area contributed by atoms with Gasteiger partial charge in [0.15, 0.2) is 0 Å². The molecule has 1 heterocycles. The Kier molecular flexibility index (Phi) is 5.74. The lowest BCUT2D eigenvalue weighted by Crippen LogP contribution is -2.01. The molecule has 4 rings (SSSR count). The first-order chi connectivity index (χ1) is 14.4. The van der Waals surface area contributed by atoms with E-state index in [2.05, 4.69) is 13.8 Å². The standard InChI is InChI=1S/C26H23ClFNO/c1-16(2)25-24(19-9-12-23(28)17(3)13-19)21-11-10-20(14-22(21)26(27)29-25)30-15-18-7-5-4-6-8-18/h4-14,16H,15H2,1-3H3. The zero-order chi connectivity index (χ0) is 21.3. The zero-order valence-corrected chi connectivity index (χ0v) is 18.0. The molecule has 0 N–H and O–H groups in total. The van der Waals surface area contributed by atoms with E-state index in [0.29, 0.717) is 17.3 Å². The van der Waals surface area contributed by atoms with Crippen molar-refractivity contribution in [2.75, 3.05) is 0 Å². The monoisotopic (exact) mass is 419 g/mol. The number of pyridine rings is 1. The van der Waals surface area contributed by atoms with E-state index in [-0.39, 0.29) is 11.7 Å². The number of nitrogens with zero attached hydrogens (tertiary/aromatic N) is 1. The fourth-order valence-electron chi connectivity index (χ4n) is 3.62. The lowest BCUT2D eigenvalue weighted by Gasteiger charge is -2.18. The summed E-state index contributed by atoms with van der Waals surface area (Å²) in [5, 5.41) is 2.25. The number of aromatic nitrogens is 1. The maximum atomic E-state index is 13.9. The Bertz CT molecular complexity index is 1200. The number of aryl methyl sites for hydroxylation is 1. The van der Waals surface area contributed by atoms with Gasteiger partial charge in [-0.25, -0.2) is 9.37 Å². The molecular formula is C26H23ClFNO. The topological polar surface area (TPSA) is 22.1 Å². The molecule has 0 spiro atoms.